The van der Waals surface area contributed by atoms with Crippen LogP contribution < -0.4 is 10.6 Å². The quantitative estimate of drug-likeness (QED) is 0.476. The van der Waals surface area contributed by atoms with E-state index in [0.29, 0.717) is 11.0 Å². The molecule has 1 aromatic rings. The van der Waals surface area contributed by atoms with E-state index in [9.17, 15) is 10.1 Å². The number of hydrogen-bond donors (Lipinski definition) is 2. The first kappa shape index (κ1) is 13.2. The second-order valence-electron chi connectivity index (χ2n) is 3.36. The molecule has 0 radical (unpaired) electrons. The number of nitro groups is 1. The van der Waals surface area contributed by atoms with Gasteiger partial charge in [-0.25, -0.2) is 4.98 Å². The Hall–Kier alpha value is -1.82. The molecular formula is C10H13ClN4O2. The molecule has 1 unspecified atom stereocenters. The molecule has 7 heteroatoms. The number of nitrogens with zero attached hydrogens (tertiary/aromatic N) is 2. The summed E-state index contributed by atoms with van der Waals surface area (Å²) in [6, 6.07) is 3.37. The molecule has 0 aliphatic heterocycles. The van der Waals surface area contributed by atoms with E-state index in [0.717, 1.165) is 11.8 Å². The second kappa shape index (κ2) is 6.05. The van der Waals surface area contributed by atoms with Crippen molar-refractivity contribution in [1.29, 1.82) is 0 Å². The summed E-state index contributed by atoms with van der Waals surface area (Å²) in [7, 11) is 1.61. The fraction of sp³-hybridized carbons (Fsp3) is 0.300. The molecule has 0 aliphatic carbocycles. The van der Waals surface area contributed by atoms with E-state index >= 15 is 0 Å². The van der Waals surface area contributed by atoms with Gasteiger partial charge in [0.25, 0.3) is 6.20 Å². The van der Waals surface area contributed by atoms with Crippen molar-refractivity contribution in [1.82, 2.24) is 15.6 Å². The number of rotatable bonds is 5. The van der Waals surface area contributed by atoms with Crippen molar-refractivity contribution in [3.05, 3.63) is 51.2 Å². The van der Waals surface area contributed by atoms with Gasteiger partial charge in [0.15, 0.2) is 5.82 Å². The molecule has 1 atom stereocenters. The standard InChI is InChI=1S/C10H13ClN4O2/c1-7(8-3-4-9(11)13-5-8)14-10(12-2)6-15(16)17/h3-7,12,14H,1-2H3/b10-6+. The topological polar surface area (TPSA) is 80.1 Å². The maximum atomic E-state index is 10.4. The molecule has 0 aliphatic rings. The predicted molar refractivity (Wildman–Crippen MR) is 64.9 cm³/mol. The summed E-state index contributed by atoms with van der Waals surface area (Å²) in [6.45, 7) is 1.87. The lowest BCUT2D eigenvalue weighted by atomic mass is 10.1. The molecule has 1 heterocycles. The SMILES string of the molecule is CN/C(=C\[N+](=O)[O-])NC(C)c1ccc(Cl)nc1. The van der Waals surface area contributed by atoms with Crippen molar-refractivity contribution in [3.63, 3.8) is 0 Å². The minimum Gasteiger partial charge on any atom is -0.370 e. The average Bonchev–Trinajstić information content (AvgIpc) is 2.28. The Labute approximate surface area is 104 Å². The van der Waals surface area contributed by atoms with Crippen LogP contribution in [0.5, 0.6) is 0 Å². The van der Waals surface area contributed by atoms with Crippen LogP contribution in [-0.2, 0) is 0 Å². The van der Waals surface area contributed by atoms with E-state index in [-0.39, 0.29) is 6.04 Å². The van der Waals surface area contributed by atoms with Gasteiger partial charge in [-0.1, -0.05) is 17.7 Å². The normalized spacial score (nSPS) is 13.0. The predicted octanol–water partition coefficient (Wildman–Crippen LogP) is 1.68. The lowest BCUT2D eigenvalue weighted by Gasteiger charge is -2.16. The van der Waals surface area contributed by atoms with Gasteiger partial charge >= 0.3 is 0 Å². The molecule has 92 valence electrons. The molecule has 0 amide bonds. The summed E-state index contributed by atoms with van der Waals surface area (Å²) in [5.74, 6) is 0.331. The van der Waals surface area contributed by atoms with Crippen molar-refractivity contribution in [2.24, 2.45) is 0 Å². The Kier molecular flexibility index (Phi) is 4.71. The van der Waals surface area contributed by atoms with Crippen molar-refractivity contribution < 1.29 is 4.92 Å². The number of halogens is 1. The summed E-state index contributed by atoms with van der Waals surface area (Å²) in [6.07, 6.45) is 2.50. The Morgan fingerprint density at radius 2 is 2.35 bits per heavy atom. The fourth-order valence-corrected chi connectivity index (χ4v) is 1.35. The molecule has 0 fully saturated rings. The minimum absolute atomic E-state index is 0.113. The van der Waals surface area contributed by atoms with Crippen molar-refractivity contribution >= 4 is 11.6 Å². The smallest absolute Gasteiger partial charge is 0.274 e. The van der Waals surface area contributed by atoms with Crippen LogP contribution in [0.15, 0.2) is 30.4 Å². The highest BCUT2D eigenvalue weighted by Gasteiger charge is 2.08. The molecule has 0 saturated carbocycles. The minimum atomic E-state index is -0.522. The highest BCUT2D eigenvalue weighted by Crippen LogP contribution is 2.14. The zero-order valence-electron chi connectivity index (χ0n) is 9.48. The van der Waals surface area contributed by atoms with Crippen molar-refractivity contribution in [2.45, 2.75) is 13.0 Å². The first-order chi connectivity index (χ1) is 8.02. The highest BCUT2D eigenvalue weighted by molar-refractivity contribution is 6.29. The maximum absolute atomic E-state index is 10.4. The van der Waals surface area contributed by atoms with Crippen LogP contribution in [0.4, 0.5) is 0 Å². The van der Waals surface area contributed by atoms with Crippen LogP contribution in [-0.4, -0.2) is 17.0 Å². The number of aromatic nitrogens is 1. The monoisotopic (exact) mass is 256 g/mol. The van der Waals surface area contributed by atoms with Gasteiger partial charge in [0.1, 0.15) is 5.15 Å². The molecular weight excluding hydrogens is 244 g/mol. The van der Waals surface area contributed by atoms with Gasteiger partial charge in [0, 0.05) is 13.2 Å². The number of nitrogens with one attached hydrogen (secondary N) is 2. The number of pyridine rings is 1. The third-order valence-corrected chi connectivity index (χ3v) is 2.35. The van der Waals surface area contributed by atoms with E-state index in [4.69, 9.17) is 11.6 Å². The molecule has 6 nitrogen and oxygen atoms in total. The first-order valence-corrected chi connectivity index (χ1v) is 5.31. The first-order valence-electron chi connectivity index (χ1n) is 4.94. The van der Waals surface area contributed by atoms with Gasteiger partial charge in [-0.15, -0.1) is 0 Å². The third-order valence-electron chi connectivity index (χ3n) is 2.13. The largest absolute Gasteiger partial charge is 0.370 e. The zero-order valence-corrected chi connectivity index (χ0v) is 10.2. The Balaban J connectivity index is 2.74. The molecule has 0 spiro atoms. The highest BCUT2D eigenvalue weighted by atomic mass is 35.5. The Bertz CT molecular complexity index is 419. The van der Waals surface area contributed by atoms with Gasteiger partial charge < -0.3 is 10.6 Å². The molecule has 2 N–H and O–H groups in total. The molecule has 0 aromatic carbocycles. The second-order valence-corrected chi connectivity index (χ2v) is 3.75. The summed E-state index contributed by atoms with van der Waals surface area (Å²) < 4.78 is 0. The van der Waals surface area contributed by atoms with E-state index in [1.165, 1.54) is 0 Å². The zero-order chi connectivity index (χ0) is 12.8. The third kappa shape index (κ3) is 4.28. The van der Waals surface area contributed by atoms with Crippen LogP contribution >= 0.6 is 11.6 Å². The van der Waals surface area contributed by atoms with Gasteiger partial charge in [-0.3, -0.25) is 10.1 Å². The summed E-state index contributed by atoms with van der Waals surface area (Å²) in [5.41, 5.74) is 0.888. The average molecular weight is 257 g/mol. The lowest BCUT2D eigenvalue weighted by Crippen LogP contribution is -2.27. The van der Waals surface area contributed by atoms with E-state index in [1.54, 1.807) is 19.3 Å². The number of hydrogen-bond acceptors (Lipinski definition) is 5. The van der Waals surface area contributed by atoms with E-state index in [1.807, 2.05) is 13.0 Å². The van der Waals surface area contributed by atoms with Crippen LogP contribution in [0.2, 0.25) is 5.15 Å². The molecule has 0 saturated heterocycles. The van der Waals surface area contributed by atoms with E-state index in [2.05, 4.69) is 15.6 Å². The Morgan fingerprint density at radius 1 is 1.65 bits per heavy atom. The lowest BCUT2D eigenvalue weighted by molar-refractivity contribution is -0.404. The van der Waals surface area contributed by atoms with Gasteiger partial charge in [-0.2, -0.15) is 0 Å². The molecule has 1 rings (SSSR count). The molecule has 1 aromatic heterocycles. The van der Waals surface area contributed by atoms with E-state index < -0.39 is 4.92 Å². The van der Waals surface area contributed by atoms with Crippen LogP contribution in [0.3, 0.4) is 0 Å². The van der Waals surface area contributed by atoms with Crippen LogP contribution in [0.25, 0.3) is 0 Å². The van der Waals surface area contributed by atoms with Crippen LogP contribution in [0.1, 0.15) is 18.5 Å². The van der Waals surface area contributed by atoms with Crippen molar-refractivity contribution in [2.75, 3.05) is 7.05 Å². The fourth-order valence-electron chi connectivity index (χ4n) is 1.24. The van der Waals surface area contributed by atoms with Gasteiger partial charge in [0.05, 0.1) is 11.0 Å². The Morgan fingerprint density at radius 3 is 2.82 bits per heavy atom. The van der Waals surface area contributed by atoms with Crippen LogP contribution in [0, 0.1) is 10.1 Å². The molecule has 0 bridgehead atoms. The molecule has 17 heavy (non-hydrogen) atoms. The summed E-state index contributed by atoms with van der Waals surface area (Å²) >= 11 is 5.67. The van der Waals surface area contributed by atoms with Crippen molar-refractivity contribution in [3.8, 4) is 0 Å². The van der Waals surface area contributed by atoms with Gasteiger partial charge in [0.2, 0.25) is 0 Å². The van der Waals surface area contributed by atoms with Gasteiger partial charge in [-0.05, 0) is 18.6 Å². The summed E-state index contributed by atoms with van der Waals surface area (Å²) in [5, 5.41) is 16.4. The maximum Gasteiger partial charge on any atom is 0.274 e. The summed E-state index contributed by atoms with van der Waals surface area (Å²) in [4.78, 5) is 13.8.